The predicted octanol–water partition coefficient (Wildman–Crippen LogP) is 0.866. The second kappa shape index (κ2) is 9.57. The Morgan fingerprint density at radius 3 is 1.93 bits per heavy atom. The van der Waals surface area contributed by atoms with Crippen molar-refractivity contribution < 1.29 is 22.8 Å². The third-order valence-electron chi connectivity index (χ3n) is 3.59. The number of nitrogens with zero attached hydrogens (tertiary/aromatic N) is 1. The minimum absolute atomic E-state index is 0.0367. The lowest BCUT2D eigenvalue weighted by Gasteiger charge is -2.23. The Balaban J connectivity index is 2.65. The summed E-state index contributed by atoms with van der Waals surface area (Å²) in [5.41, 5.74) is -0.826. The van der Waals surface area contributed by atoms with Crippen LogP contribution in [-0.2, 0) is 19.6 Å². The van der Waals surface area contributed by atoms with E-state index in [4.69, 9.17) is 0 Å². The van der Waals surface area contributed by atoms with Gasteiger partial charge in [0.2, 0.25) is 21.8 Å². The van der Waals surface area contributed by atoms with Gasteiger partial charge in [-0.15, -0.1) is 0 Å². The van der Waals surface area contributed by atoms with Crippen LogP contribution in [-0.4, -0.2) is 62.3 Å². The fourth-order valence-electron chi connectivity index (χ4n) is 2.40. The van der Waals surface area contributed by atoms with E-state index in [-0.39, 0.29) is 29.5 Å². The Morgan fingerprint density at radius 2 is 1.47 bits per heavy atom. The van der Waals surface area contributed by atoms with Crippen LogP contribution in [0.15, 0.2) is 29.2 Å². The molecule has 0 heterocycles. The van der Waals surface area contributed by atoms with Crippen LogP contribution in [0.1, 0.15) is 51.9 Å². The van der Waals surface area contributed by atoms with E-state index < -0.39 is 32.9 Å². The first kappa shape index (κ1) is 25.6. The average molecular weight is 441 g/mol. The second-order valence-electron chi connectivity index (χ2n) is 9.11. The van der Waals surface area contributed by atoms with Crippen LogP contribution in [0.2, 0.25) is 0 Å². The highest BCUT2D eigenvalue weighted by Gasteiger charge is 2.22. The SMILES string of the molecule is CN(CC(=O)NC(C)(C)C)C(=O)CNC(=O)c1ccc(S(=O)(=O)NC(C)(C)C)cc1. The first-order valence-electron chi connectivity index (χ1n) is 9.47. The zero-order valence-corrected chi connectivity index (χ0v) is 19.4. The molecule has 0 fully saturated rings. The monoisotopic (exact) mass is 440 g/mol. The third kappa shape index (κ3) is 8.91. The van der Waals surface area contributed by atoms with E-state index in [0.29, 0.717) is 0 Å². The molecule has 1 rings (SSSR count). The fourth-order valence-corrected chi connectivity index (χ4v) is 3.82. The highest BCUT2D eigenvalue weighted by molar-refractivity contribution is 7.89. The molecule has 10 heteroatoms. The van der Waals surface area contributed by atoms with Gasteiger partial charge < -0.3 is 15.5 Å². The van der Waals surface area contributed by atoms with Gasteiger partial charge in [-0.3, -0.25) is 14.4 Å². The van der Waals surface area contributed by atoms with Crippen molar-refractivity contribution in [3.63, 3.8) is 0 Å². The molecule has 0 aliphatic heterocycles. The Hall–Kier alpha value is -2.46. The number of likely N-dealkylation sites (N-methyl/N-ethyl adjacent to an activating group) is 1. The van der Waals surface area contributed by atoms with Crippen LogP contribution in [0.4, 0.5) is 0 Å². The smallest absolute Gasteiger partial charge is 0.251 e. The van der Waals surface area contributed by atoms with Crippen molar-refractivity contribution in [1.82, 2.24) is 20.3 Å². The summed E-state index contributed by atoms with van der Waals surface area (Å²) in [6, 6.07) is 5.40. The molecule has 0 unspecified atom stereocenters. The maximum Gasteiger partial charge on any atom is 0.251 e. The van der Waals surface area contributed by atoms with Crippen LogP contribution in [0.5, 0.6) is 0 Å². The average Bonchev–Trinajstić information content (AvgIpc) is 2.55. The molecule has 0 saturated heterocycles. The third-order valence-corrected chi connectivity index (χ3v) is 5.36. The number of carbonyl (C=O) groups is 3. The molecule has 0 atom stereocenters. The molecule has 0 aromatic heterocycles. The molecule has 9 nitrogen and oxygen atoms in total. The van der Waals surface area contributed by atoms with Crippen LogP contribution in [0.25, 0.3) is 0 Å². The Labute approximate surface area is 178 Å². The predicted molar refractivity (Wildman–Crippen MR) is 114 cm³/mol. The van der Waals surface area contributed by atoms with Gasteiger partial charge in [0.15, 0.2) is 0 Å². The van der Waals surface area contributed by atoms with Crippen LogP contribution in [0, 0.1) is 0 Å². The minimum Gasteiger partial charge on any atom is -0.350 e. The molecule has 1 aromatic carbocycles. The largest absolute Gasteiger partial charge is 0.350 e. The molecule has 0 bridgehead atoms. The van der Waals surface area contributed by atoms with Gasteiger partial charge in [-0.25, -0.2) is 13.1 Å². The molecule has 0 aliphatic carbocycles. The van der Waals surface area contributed by atoms with Crippen molar-refractivity contribution in [3.8, 4) is 0 Å². The van der Waals surface area contributed by atoms with Gasteiger partial charge in [0.05, 0.1) is 18.0 Å². The number of sulfonamides is 1. The summed E-state index contributed by atoms with van der Waals surface area (Å²) in [5, 5.41) is 5.22. The maximum absolute atomic E-state index is 12.3. The molecule has 168 valence electrons. The first-order chi connectivity index (χ1) is 13.5. The number of hydrogen-bond acceptors (Lipinski definition) is 5. The van der Waals surface area contributed by atoms with Crippen LogP contribution in [0.3, 0.4) is 0 Å². The fraction of sp³-hybridized carbons (Fsp3) is 0.550. The number of carbonyl (C=O) groups excluding carboxylic acids is 3. The number of benzene rings is 1. The highest BCUT2D eigenvalue weighted by Crippen LogP contribution is 2.14. The summed E-state index contributed by atoms with van der Waals surface area (Å²) in [6.45, 7) is 10.3. The lowest BCUT2D eigenvalue weighted by atomic mass is 10.1. The van der Waals surface area contributed by atoms with E-state index in [1.165, 1.54) is 36.2 Å². The van der Waals surface area contributed by atoms with Crippen LogP contribution < -0.4 is 15.4 Å². The zero-order valence-electron chi connectivity index (χ0n) is 18.6. The van der Waals surface area contributed by atoms with Gasteiger partial charge in [-0.1, -0.05) is 0 Å². The topological polar surface area (TPSA) is 125 Å². The van der Waals surface area contributed by atoms with Gasteiger partial charge in [-0.2, -0.15) is 0 Å². The van der Waals surface area contributed by atoms with Gasteiger partial charge in [0.25, 0.3) is 5.91 Å². The number of rotatable bonds is 7. The maximum atomic E-state index is 12.3. The normalized spacial score (nSPS) is 12.2. The molecule has 30 heavy (non-hydrogen) atoms. The Kier molecular flexibility index (Phi) is 8.16. The number of amides is 3. The molecule has 0 radical (unpaired) electrons. The highest BCUT2D eigenvalue weighted by atomic mass is 32.2. The molecule has 1 aromatic rings. The second-order valence-corrected chi connectivity index (χ2v) is 10.8. The van der Waals surface area contributed by atoms with Crippen molar-refractivity contribution in [2.45, 2.75) is 57.5 Å². The van der Waals surface area contributed by atoms with Crippen molar-refractivity contribution >= 4 is 27.7 Å². The van der Waals surface area contributed by atoms with E-state index >= 15 is 0 Å². The Morgan fingerprint density at radius 1 is 0.933 bits per heavy atom. The van der Waals surface area contributed by atoms with E-state index in [1.807, 2.05) is 20.8 Å². The quantitative estimate of drug-likeness (QED) is 0.580. The van der Waals surface area contributed by atoms with Crippen molar-refractivity contribution in [2.24, 2.45) is 0 Å². The van der Waals surface area contributed by atoms with E-state index in [2.05, 4.69) is 15.4 Å². The molecule has 0 saturated carbocycles. The summed E-state index contributed by atoms with van der Waals surface area (Å²) >= 11 is 0. The molecular formula is C20H32N4O5S. The lowest BCUT2D eigenvalue weighted by Crippen LogP contribution is -2.47. The Bertz CT molecular complexity index is 881. The zero-order chi connectivity index (χ0) is 23.3. The summed E-state index contributed by atoms with van der Waals surface area (Å²) in [6.07, 6.45) is 0. The molecule has 0 aliphatic rings. The lowest BCUT2D eigenvalue weighted by molar-refractivity contribution is -0.134. The number of nitrogens with one attached hydrogen (secondary N) is 3. The van der Waals surface area contributed by atoms with Gasteiger partial charge in [0, 0.05) is 23.7 Å². The van der Waals surface area contributed by atoms with E-state index in [0.717, 1.165) is 0 Å². The molecule has 0 spiro atoms. The molecule has 3 N–H and O–H groups in total. The van der Waals surface area contributed by atoms with E-state index in [9.17, 15) is 22.8 Å². The summed E-state index contributed by atoms with van der Waals surface area (Å²) < 4.78 is 27.1. The van der Waals surface area contributed by atoms with Gasteiger partial charge in [-0.05, 0) is 65.8 Å². The minimum atomic E-state index is -3.70. The van der Waals surface area contributed by atoms with Crippen molar-refractivity contribution in [3.05, 3.63) is 29.8 Å². The van der Waals surface area contributed by atoms with E-state index in [1.54, 1.807) is 20.8 Å². The standard InChI is InChI=1S/C20H32N4O5S/c1-19(2,3)22-16(25)13-24(7)17(26)12-21-18(27)14-8-10-15(11-9-14)30(28,29)23-20(4,5)6/h8-11,23H,12-13H2,1-7H3,(H,21,27)(H,22,25). The molecular weight excluding hydrogens is 408 g/mol. The molecule has 3 amide bonds. The summed E-state index contributed by atoms with van der Waals surface area (Å²) in [7, 11) is -2.23. The van der Waals surface area contributed by atoms with Gasteiger partial charge >= 0.3 is 0 Å². The summed E-state index contributed by atoms with van der Waals surface area (Å²) in [5.74, 6) is -1.25. The van der Waals surface area contributed by atoms with Crippen molar-refractivity contribution in [2.75, 3.05) is 20.1 Å². The first-order valence-corrected chi connectivity index (χ1v) is 11.0. The number of hydrogen-bond donors (Lipinski definition) is 3. The van der Waals surface area contributed by atoms with Crippen LogP contribution >= 0.6 is 0 Å². The van der Waals surface area contributed by atoms with Crippen molar-refractivity contribution in [1.29, 1.82) is 0 Å². The van der Waals surface area contributed by atoms with Gasteiger partial charge in [0.1, 0.15) is 0 Å². The summed E-state index contributed by atoms with van der Waals surface area (Å²) in [4.78, 5) is 37.5.